The summed E-state index contributed by atoms with van der Waals surface area (Å²) in [6.07, 6.45) is -4.55. The van der Waals surface area contributed by atoms with Crippen molar-refractivity contribution in [3.05, 3.63) is 11.4 Å². The molecule has 0 spiro atoms. The summed E-state index contributed by atoms with van der Waals surface area (Å²) in [6, 6.07) is 0. The number of aromatic nitrogens is 3. The van der Waals surface area contributed by atoms with E-state index in [0.717, 1.165) is 0 Å². The lowest BCUT2D eigenvalue weighted by Gasteiger charge is -2.23. The molecule has 0 aliphatic carbocycles. The van der Waals surface area contributed by atoms with Crippen molar-refractivity contribution in [2.75, 3.05) is 0 Å². The molecular weight excluding hydrogens is 293 g/mol. The van der Waals surface area contributed by atoms with E-state index >= 15 is 0 Å². The summed E-state index contributed by atoms with van der Waals surface area (Å²) in [4.78, 5) is 0. The molecule has 1 aromatic rings. The van der Waals surface area contributed by atoms with Crippen molar-refractivity contribution >= 4 is 0 Å². The molecule has 1 rings (SSSR count). The maximum atomic E-state index is 13.8. The van der Waals surface area contributed by atoms with Gasteiger partial charge in [-0.25, -0.2) is 4.68 Å². The Hall–Kier alpha value is -1.21. The standard InChI is InChI=1S/C13H20F5N3/c1-5-6-7-21-10(12(14,15)13(16,17)18)9(19-20-21)8-11(2,3)4/h5-8H2,1-4H3. The minimum absolute atomic E-state index is 0.000127. The third-order valence-corrected chi connectivity index (χ3v) is 2.88. The SMILES string of the molecule is CCCCn1nnc(CC(C)(C)C)c1C(F)(F)C(F)(F)F. The highest BCUT2D eigenvalue weighted by atomic mass is 19.4. The topological polar surface area (TPSA) is 30.7 Å². The average Bonchev–Trinajstić information content (AvgIpc) is 2.65. The second-order valence-corrected chi connectivity index (χ2v) is 6.27. The molecule has 0 unspecified atom stereocenters. The highest BCUT2D eigenvalue weighted by molar-refractivity contribution is 5.19. The van der Waals surface area contributed by atoms with Crippen LogP contribution in [0.15, 0.2) is 0 Å². The highest BCUT2D eigenvalue weighted by Gasteiger charge is 2.62. The number of hydrogen-bond donors (Lipinski definition) is 0. The van der Waals surface area contributed by atoms with Gasteiger partial charge >= 0.3 is 12.1 Å². The molecule has 0 saturated carbocycles. The van der Waals surface area contributed by atoms with Gasteiger partial charge in [0.25, 0.3) is 0 Å². The summed E-state index contributed by atoms with van der Waals surface area (Å²) in [7, 11) is 0. The predicted octanol–water partition coefficient (Wildman–Crippen LogP) is 4.32. The van der Waals surface area contributed by atoms with Gasteiger partial charge < -0.3 is 0 Å². The van der Waals surface area contributed by atoms with Crippen LogP contribution in [0.1, 0.15) is 51.9 Å². The monoisotopic (exact) mass is 313 g/mol. The molecule has 0 N–H and O–H groups in total. The molecule has 0 aliphatic heterocycles. The fraction of sp³-hybridized carbons (Fsp3) is 0.846. The second kappa shape index (κ2) is 5.88. The number of rotatable bonds is 5. The van der Waals surface area contributed by atoms with E-state index in [1.54, 1.807) is 20.8 Å². The van der Waals surface area contributed by atoms with E-state index in [2.05, 4.69) is 10.3 Å². The third kappa shape index (κ3) is 4.14. The molecule has 3 nitrogen and oxygen atoms in total. The molecule has 0 bridgehead atoms. The van der Waals surface area contributed by atoms with Gasteiger partial charge in [0.2, 0.25) is 0 Å². The van der Waals surface area contributed by atoms with Crippen molar-refractivity contribution in [2.45, 2.75) is 65.6 Å². The van der Waals surface area contributed by atoms with Gasteiger partial charge in [0.1, 0.15) is 5.69 Å². The first-order valence-corrected chi connectivity index (χ1v) is 6.77. The lowest BCUT2D eigenvalue weighted by molar-refractivity contribution is -0.292. The number of halogens is 5. The van der Waals surface area contributed by atoms with Crippen LogP contribution in [0.4, 0.5) is 22.0 Å². The van der Waals surface area contributed by atoms with Crippen LogP contribution in [0, 0.1) is 5.41 Å². The number of unbranched alkanes of at least 4 members (excludes halogenated alkanes) is 1. The first kappa shape index (κ1) is 17.8. The molecule has 0 atom stereocenters. The van der Waals surface area contributed by atoms with Gasteiger partial charge in [-0.1, -0.05) is 39.3 Å². The van der Waals surface area contributed by atoms with Crippen LogP contribution in [-0.2, 0) is 18.9 Å². The van der Waals surface area contributed by atoms with Gasteiger partial charge in [0, 0.05) is 6.54 Å². The lowest BCUT2D eigenvalue weighted by Crippen LogP contribution is -2.37. The summed E-state index contributed by atoms with van der Waals surface area (Å²) in [6.45, 7) is 7.04. The van der Waals surface area contributed by atoms with Crippen LogP contribution in [-0.4, -0.2) is 21.2 Å². The van der Waals surface area contributed by atoms with Gasteiger partial charge in [-0.2, -0.15) is 22.0 Å². The fourth-order valence-electron chi connectivity index (χ4n) is 1.91. The molecule has 122 valence electrons. The fourth-order valence-corrected chi connectivity index (χ4v) is 1.91. The predicted molar refractivity (Wildman–Crippen MR) is 68.0 cm³/mol. The molecule has 0 amide bonds. The summed E-state index contributed by atoms with van der Waals surface area (Å²) in [5.74, 6) is -4.95. The Morgan fingerprint density at radius 3 is 2.05 bits per heavy atom. The van der Waals surface area contributed by atoms with E-state index < -0.39 is 23.2 Å². The summed E-state index contributed by atoms with van der Waals surface area (Å²) in [5.41, 5.74) is -1.89. The van der Waals surface area contributed by atoms with Crippen molar-refractivity contribution in [3.63, 3.8) is 0 Å². The van der Waals surface area contributed by atoms with Gasteiger partial charge in [-0.15, -0.1) is 5.10 Å². The molecule has 0 fully saturated rings. The van der Waals surface area contributed by atoms with E-state index in [4.69, 9.17) is 0 Å². The minimum Gasteiger partial charge on any atom is -0.243 e. The van der Waals surface area contributed by atoms with E-state index in [1.165, 1.54) is 0 Å². The Morgan fingerprint density at radius 2 is 1.62 bits per heavy atom. The average molecular weight is 313 g/mol. The number of aryl methyl sites for hydroxylation is 1. The van der Waals surface area contributed by atoms with E-state index in [1.807, 2.05) is 6.92 Å². The molecule has 8 heteroatoms. The normalized spacial score (nSPS) is 13.8. The van der Waals surface area contributed by atoms with Crippen LogP contribution in [0.25, 0.3) is 0 Å². The summed E-state index contributed by atoms with van der Waals surface area (Å²) in [5, 5.41) is 7.07. The van der Waals surface area contributed by atoms with Crippen LogP contribution in [0.3, 0.4) is 0 Å². The zero-order chi connectivity index (χ0) is 16.5. The number of nitrogens with zero attached hydrogens (tertiary/aromatic N) is 3. The van der Waals surface area contributed by atoms with Crippen molar-refractivity contribution in [3.8, 4) is 0 Å². The molecule has 0 saturated heterocycles. The summed E-state index contributed by atoms with van der Waals surface area (Å²) >= 11 is 0. The molecule has 0 aromatic carbocycles. The largest absolute Gasteiger partial charge is 0.459 e. The smallest absolute Gasteiger partial charge is 0.243 e. The van der Waals surface area contributed by atoms with E-state index in [0.29, 0.717) is 17.5 Å². The van der Waals surface area contributed by atoms with Crippen LogP contribution in [0.2, 0.25) is 0 Å². The quantitative estimate of drug-likeness (QED) is 0.758. The second-order valence-electron chi connectivity index (χ2n) is 6.27. The minimum atomic E-state index is -5.66. The molecule has 21 heavy (non-hydrogen) atoms. The zero-order valence-electron chi connectivity index (χ0n) is 12.6. The maximum absolute atomic E-state index is 13.8. The Labute approximate surface area is 120 Å². The third-order valence-electron chi connectivity index (χ3n) is 2.88. The Morgan fingerprint density at radius 1 is 1.05 bits per heavy atom. The molecule has 1 heterocycles. The highest BCUT2D eigenvalue weighted by Crippen LogP contribution is 2.45. The molecule has 1 aromatic heterocycles. The Kier molecular flexibility index (Phi) is 5.00. The van der Waals surface area contributed by atoms with Crippen molar-refractivity contribution in [2.24, 2.45) is 5.41 Å². The van der Waals surface area contributed by atoms with Crippen LogP contribution in [0.5, 0.6) is 0 Å². The Bertz CT molecular complexity index is 471. The number of hydrogen-bond acceptors (Lipinski definition) is 2. The van der Waals surface area contributed by atoms with Gasteiger partial charge in [0.15, 0.2) is 0 Å². The zero-order valence-corrected chi connectivity index (χ0v) is 12.6. The lowest BCUT2D eigenvalue weighted by atomic mass is 9.89. The van der Waals surface area contributed by atoms with E-state index in [-0.39, 0.29) is 18.7 Å². The van der Waals surface area contributed by atoms with Crippen LogP contribution < -0.4 is 0 Å². The van der Waals surface area contributed by atoms with E-state index in [9.17, 15) is 22.0 Å². The molecular formula is C13H20F5N3. The molecule has 0 radical (unpaired) electrons. The van der Waals surface area contributed by atoms with Crippen molar-refractivity contribution < 1.29 is 22.0 Å². The Balaban J connectivity index is 3.32. The first-order valence-electron chi connectivity index (χ1n) is 6.77. The first-order chi connectivity index (χ1) is 9.40. The number of alkyl halides is 5. The van der Waals surface area contributed by atoms with Gasteiger partial charge in [-0.3, -0.25) is 0 Å². The van der Waals surface area contributed by atoms with Crippen LogP contribution >= 0.6 is 0 Å². The van der Waals surface area contributed by atoms with Gasteiger partial charge in [0.05, 0.1) is 5.69 Å². The summed E-state index contributed by atoms with van der Waals surface area (Å²) < 4.78 is 66.4. The molecule has 0 aliphatic rings. The maximum Gasteiger partial charge on any atom is 0.459 e. The van der Waals surface area contributed by atoms with Crippen molar-refractivity contribution in [1.29, 1.82) is 0 Å². The van der Waals surface area contributed by atoms with Gasteiger partial charge in [-0.05, 0) is 18.3 Å². The van der Waals surface area contributed by atoms with Crippen molar-refractivity contribution in [1.82, 2.24) is 15.0 Å².